The van der Waals surface area contributed by atoms with Gasteiger partial charge in [-0.25, -0.2) is 4.39 Å². The number of aromatic nitrogens is 2. The smallest absolute Gasteiger partial charge is 0.352 e. The molecule has 0 saturated carbocycles. The highest BCUT2D eigenvalue weighted by molar-refractivity contribution is 5.98. The molecular formula is C21H15F4N3O. The molecule has 0 unspecified atom stereocenters. The summed E-state index contributed by atoms with van der Waals surface area (Å²) in [5, 5.41) is 2.78. The van der Waals surface area contributed by atoms with Crippen molar-refractivity contribution in [2.45, 2.75) is 19.0 Å². The van der Waals surface area contributed by atoms with Crippen molar-refractivity contribution in [1.29, 1.82) is 0 Å². The van der Waals surface area contributed by atoms with Gasteiger partial charge in [-0.05, 0) is 47.9 Å². The number of nitrogens with zero attached hydrogens (tertiary/aromatic N) is 2. The molecule has 1 amide bonds. The van der Waals surface area contributed by atoms with Crippen LogP contribution < -0.4 is 5.32 Å². The minimum atomic E-state index is -4.76. The molecule has 148 valence electrons. The van der Waals surface area contributed by atoms with Crippen LogP contribution in [0.5, 0.6) is 0 Å². The third-order valence-corrected chi connectivity index (χ3v) is 4.77. The van der Waals surface area contributed by atoms with Gasteiger partial charge in [0.2, 0.25) is 0 Å². The van der Waals surface area contributed by atoms with Crippen LogP contribution in [-0.4, -0.2) is 22.4 Å². The molecule has 1 aliphatic heterocycles. The minimum Gasteiger partial charge on any atom is -0.352 e. The summed E-state index contributed by atoms with van der Waals surface area (Å²) in [5.41, 5.74) is 2.28. The minimum absolute atomic E-state index is 0.104. The van der Waals surface area contributed by atoms with Crippen molar-refractivity contribution < 1.29 is 22.4 Å². The molecule has 8 heteroatoms. The van der Waals surface area contributed by atoms with Gasteiger partial charge in [-0.1, -0.05) is 6.07 Å². The van der Waals surface area contributed by atoms with Gasteiger partial charge in [0.05, 0.1) is 11.3 Å². The van der Waals surface area contributed by atoms with Crippen molar-refractivity contribution in [3.8, 4) is 11.3 Å². The van der Waals surface area contributed by atoms with Gasteiger partial charge < -0.3 is 5.32 Å². The van der Waals surface area contributed by atoms with E-state index in [0.29, 0.717) is 35.5 Å². The summed E-state index contributed by atoms with van der Waals surface area (Å²) in [5.74, 6) is -1.46. The molecule has 0 spiro atoms. The number of nitrogens with one attached hydrogen (secondary N) is 1. The number of pyridine rings is 2. The van der Waals surface area contributed by atoms with E-state index in [1.54, 1.807) is 30.6 Å². The second-order valence-corrected chi connectivity index (χ2v) is 6.72. The van der Waals surface area contributed by atoms with Gasteiger partial charge >= 0.3 is 6.18 Å². The zero-order valence-electron chi connectivity index (χ0n) is 15.1. The van der Waals surface area contributed by atoms with Crippen molar-refractivity contribution in [3.63, 3.8) is 0 Å². The van der Waals surface area contributed by atoms with Crippen molar-refractivity contribution in [2.75, 3.05) is 6.54 Å². The number of benzene rings is 1. The number of halogens is 4. The van der Waals surface area contributed by atoms with E-state index >= 15 is 0 Å². The van der Waals surface area contributed by atoms with Crippen LogP contribution in [0.4, 0.5) is 17.6 Å². The highest BCUT2D eigenvalue weighted by atomic mass is 19.4. The summed E-state index contributed by atoms with van der Waals surface area (Å²) in [6.07, 6.45) is -0.929. The highest BCUT2D eigenvalue weighted by Gasteiger charge is 2.34. The molecule has 3 heterocycles. The van der Waals surface area contributed by atoms with E-state index in [0.717, 1.165) is 23.3 Å². The maximum Gasteiger partial charge on any atom is 0.419 e. The molecule has 1 aliphatic rings. The summed E-state index contributed by atoms with van der Waals surface area (Å²) in [6.45, 7) is 0.512. The first-order valence-corrected chi connectivity index (χ1v) is 8.90. The van der Waals surface area contributed by atoms with Gasteiger partial charge in [0, 0.05) is 42.2 Å². The average molecular weight is 401 g/mol. The molecule has 2 aromatic heterocycles. The molecule has 4 nitrogen and oxygen atoms in total. The molecule has 0 saturated heterocycles. The van der Waals surface area contributed by atoms with E-state index in [9.17, 15) is 22.4 Å². The van der Waals surface area contributed by atoms with Crippen LogP contribution in [0.3, 0.4) is 0 Å². The first-order chi connectivity index (χ1) is 13.8. The van der Waals surface area contributed by atoms with Gasteiger partial charge in [-0.3, -0.25) is 14.8 Å². The Labute approximate surface area is 163 Å². The topological polar surface area (TPSA) is 54.9 Å². The summed E-state index contributed by atoms with van der Waals surface area (Å²) in [7, 11) is 0. The first-order valence-electron chi connectivity index (χ1n) is 8.90. The SMILES string of the molecule is O=C1NCCc2c1ccnc2-c1ccnc(Cc2ccc(F)c(C(F)(F)F)c2)c1. The van der Waals surface area contributed by atoms with Gasteiger partial charge in [-0.2, -0.15) is 13.2 Å². The lowest BCUT2D eigenvalue weighted by molar-refractivity contribution is -0.140. The lowest BCUT2D eigenvalue weighted by Gasteiger charge is -2.19. The van der Waals surface area contributed by atoms with Crippen molar-refractivity contribution in [2.24, 2.45) is 0 Å². The van der Waals surface area contributed by atoms with Gasteiger partial charge in [0.15, 0.2) is 0 Å². The molecule has 0 atom stereocenters. The van der Waals surface area contributed by atoms with E-state index in [1.165, 1.54) is 6.07 Å². The Morgan fingerprint density at radius 2 is 1.83 bits per heavy atom. The number of alkyl halides is 3. The van der Waals surface area contributed by atoms with Crippen LogP contribution in [0.15, 0.2) is 48.8 Å². The monoisotopic (exact) mass is 401 g/mol. The zero-order valence-corrected chi connectivity index (χ0v) is 15.1. The molecule has 0 fully saturated rings. The van der Waals surface area contributed by atoms with E-state index in [1.807, 2.05) is 0 Å². The lowest BCUT2D eigenvalue weighted by Crippen LogP contribution is -2.32. The maximum absolute atomic E-state index is 13.5. The fraction of sp³-hybridized carbons (Fsp3) is 0.190. The summed E-state index contributed by atoms with van der Waals surface area (Å²) in [4.78, 5) is 20.7. The molecular weight excluding hydrogens is 386 g/mol. The predicted molar refractivity (Wildman–Crippen MR) is 97.7 cm³/mol. The Balaban J connectivity index is 1.68. The number of fused-ring (bicyclic) bond motifs is 1. The molecule has 1 N–H and O–H groups in total. The third-order valence-electron chi connectivity index (χ3n) is 4.77. The molecule has 4 rings (SSSR count). The number of rotatable bonds is 3. The Hall–Kier alpha value is -3.29. The van der Waals surface area contributed by atoms with E-state index in [2.05, 4.69) is 15.3 Å². The number of amides is 1. The fourth-order valence-corrected chi connectivity index (χ4v) is 3.43. The number of carbonyl (C=O) groups is 1. The maximum atomic E-state index is 13.5. The summed E-state index contributed by atoms with van der Waals surface area (Å²) < 4.78 is 52.4. The van der Waals surface area contributed by atoms with Crippen LogP contribution in [0, 0.1) is 5.82 Å². The van der Waals surface area contributed by atoms with Crippen molar-refractivity contribution >= 4 is 5.91 Å². The summed E-state index contributed by atoms with van der Waals surface area (Å²) >= 11 is 0. The highest BCUT2D eigenvalue weighted by Crippen LogP contribution is 2.32. The van der Waals surface area contributed by atoms with Gasteiger partial charge in [-0.15, -0.1) is 0 Å². The standard InChI is InChI=1S/C21H15F4N3O/c22-18-2-1-12(10-17(18)21(23,24)25)9-14-11-13(3-6-26-14)19-15-4-8-28-20(29)16(15)5-7-27-19/h1-3,5-7,10-11H,4,8-9H2,(H,28,29). The molecule has 0 radical (unpaired) electrons. The Kier molecular flexibility index (Phi) is 4.77. The fourth-order valence-electron chi connectivity index (χ4n) is 3.43. The van der Waals surface area contributed by atoms with Crippen LogP contribution in [0.2, 0.25) is 0 Å². The van der Waals surface area contributed by atoms with Gasteiger partial charge in [0.25, 0.3) is 5.91 Å². The zero-order chi connectivity index (χ0) is 20.6. The van der Waals surface area contributed by atoms with E-state index < -0.39 is 17.6 Å². The number of hydrogen-bond acceptors (Lipinski definition) is 3. The molecule has 0 bridgehead atoms. The Bertz CT molecular complexity index is 1100. The molecule has 1 aromatic carbocycles. The third kappa shape index (κ3) is 3.83. The van der Waals surface area contributed by atoms with Crippen LogP contribution in [0.1, 0.15) is 32.7 Å². The van der Waals surface area contributed by atoms with Crippen molar-refractivity contribution in [3.05, 3.63) is 82.6 Å². The van der Waals surface area contributed by atoms with Crippen LogP contribution in [0.25, 0.3) is 11.3 Å². The average Bonchev–Trinajstić information content (AvgIpc) is 2.69. The molecule has 3 aromatic rings. The molecule has 0 aliphatic carbocycles. The number of hydrogen-bond donors (Lipinski definition) is 1. The summed E-state index contributed by atoms with van der Waals surface area (Å²) in [6, 6.07) is 8.06. The van der Waals surface area contributed by atoms with E-state index in [-0.39, 0.29) is 12.3 Å². The largest absolute Gasteiger partial charge is 0.419 e. The first kappa shape index (κ1) is 19.0. The Morgan fingerprint density at radius 3 is 2.62 bits per heavy atom. The quantitative estimate of drug-likeness (QED) is 0.670. The van der Waals surface area contributed by atoms with E-state index in [4.69, 9.17) is 0 Å². The second kappa shape index (κ2) is 7.27. The van der Waals surface area contributed by atoms with Crippen molar-refractivity contribution in [1.82, 2.24) is 15.3 Å². The lowest BCUT2D eigenvalue weighted by atomic mass is 9.95. The van der Waals surface area contributed by atoms with Crippen LogP contribution >= 0.6 is 0 Å². The van der Waals surface area contributed by atoms with Crippen LogP contribution in [-0.2, 0) is 19.0 Å². The molecule has 29 heavy (non-hydrogen) atoms. The second-order valence-electron chi connectivity index (χ2n) is 6.72. The Morgan fingerprint density at radius 1 is 1.03 bits per heavy atom. The predicted octanol–water partition coefficient (Wildman–Crippen LogP) is 4.18. The van der Waals surface area contributed by atoms with Gasteiger partial charge in [0.1, 0.15) is 5.82 Å². The normalized spacial score (nSPS) is 13.7. The number of carbonyl (C=O) groups excluding carboxylic acids is 1.